The predicted octanol–water partition coefficient (Wildman–Crippen LogP) is 2.67. The molecule has 21 heavy (non-hydrogen) atoms. The Morgan fingerprint density at radius 1 is 1.38 bits per heavy atom. The van der Waals surface area contributed by atoms with Crippen LogP contribution >= 0.6 is 0 Å². The summed E-state index contributed by atoms with van der Waals surface area (Å²) in [6, 6.07) is 7.43. The topological polar surface area (TPSA) is 41.5 Å². The highest BCUT2D eigenvalue weighted by Gasteiger charge is 2.63. The van der Waals surface area contributed by atoms with Gasteiger partial charge in [0.2, 0.25) is 0 Å². The molecule has 0 aromatic heterocycles. The number of aryl methyl sites for hydroxylation is 1. The number of hydrogen-bond donors (Lipinski definition) is 2. The Morgan fingerprint density at radius 2 is 2.10 bits per heavy atom. The van der Waals surface area contributed by atoms with Crippen LogP contribution in [0, 0.1) is 0 Å². The van der Waals surface area contributed by atoms with Crippen molar-refractivity contribution in [1.29, 1.82) is 0 Å². The first-order valence-corrected chi connectivity index (χ1v) is 7.08. The van der Waals surface area contributed by atoms with Crippen LogP contribution < -0.4 is 10.1 Å². The Labute approximate surface area is 122 Å². The average molecular weight is 303 g/mol. The van der Waals surface area contributed by atoms with E-state index in [1.165, 1.54) is 0 Å². The second kappa shape index (κ2) is 6.23. The Balaban J connectivity index is 1.76. The fourth-order valence-electron chi connectivity index (χ4n) is 2.11. The Kier molecular flexibility index (Phi) is 4.78. The zero-order valence-electron chi connectivity index (χ0n) is 11.9. The summed E-state index contributed by atoms with van der Waals surface area (Å²) in [6.45, 7) is 1.85. The lowest BCUT2D eigenvalue weighted by Gasteiger charge is -2.22. The molecular weight excluding hydrogens is 283 g/mol. The molecular formula is C15H20F3NO2. The number of alkyl halides is 3. The van der Waals surface area contributed by atoms with E-state index in [1.54, 1.807) is 6.07 Å². The second-order valence-electron chi connectivity index (χ2n) is 5.43. The van der Waals surface area contributed by atoms with Gasteiger partial charge < -0.3 is 15.2 Å². The van der Waals surface area contributed by atoms with Gasteiger partial charge in [-0.2, -0.15) is 13.2 Å². The fourth-order valence-corrected chi connectivity index (χ4v) is 2.11. The van der Waals surface area contributed by atoms with E-state index in [0.717, 1.165) is 12.0 Å². The predicted molar refractivity (Wildman–Crippen MR) is 73.3 cm³/mol. The molecule has 0 aliphatic heterocycles. The van der Waals surface area contributed by atoms with Gasteiger partial charge in [-0.05, 0) is 37.0 Å². The zero-order valence-corrected chi connectivity index (χ0v) is 11.9. The first-order chi connectivity index (χ1) is 9.86. The van der Waals surface area contributed by atoms with E-state index in [-0.39, 0.29) is 26.0 Å². The monoisotopic (exact) mass is 303 g/mol. The molecule has 1 fully saturated rings. The van der Waals surface area contributed by atoms with Crippen LogP contribution in [0.25, 0.3) is 0 Å². The highest BCUT2D eigenvalue weighted by Crippen LogP contribution is 2.48. The van der Waals surface area contributed by atoms with E-state index in [0.29, 0.717) is 5.75 Å². The van der Waals surface area contributed by atoms with Crippen molar-refractivity contribution in [3.8, 4) is 5.75 Å². The lowest BCUT2D eigenvalue weighted by Crippen LogP contribution is -2.48. The molecule has 1 aliphatic rings. The largest absolute Gasteiger partial charge is 0.491 e. The minimum absolute atomic E-state index is 0.0336. The number of benzene rings is 1. The van der Waals surface area contributed by atoms with Crippen LogP contribution in [0.3, 0.4) is 0 Å². The SMILES string of the molecule is CCc1cccc(OCC(O)CNC2(C(F)(F)F)CC2)c1. The molecule has 1 aromatic rings. The maximum atomic E-state index is 12.7. The highest BCUT2D eigenvalue weighted by atomic mass is 19.4. The maximum Gasteiger partial charge on any atom is 0.406 e. The smallest absolute Gasteiger partial charge is 0.406 e. The molecule has 0 spiro atoms. The van der Waals surface area contributed by atoms with Crippen LogP contribution in [0.1, 0.15) is 25.3 Å². The van der Waals surface area contributed by atoms with Crippen molar-refractivity contribution in [2.45, 2.75) is 44.0 Å². The quantitative estimate of drug-likeness (QED) is 0.814. The number of nitrogens with one attached hydrogen (secondary N) is 1. The summed E-state index contributed by atoms with van der Waals surface area (Å²) in [6.07, 6.45) is -4.22. The van der Waals surface area contributed by atoms with Crippen molar-refractivity contribution in [3.63, 3.8) is 0 Å². The third-order valence-corrected chi connectivity index (χ3v) is 3.72. The molecule has 3 nitrogen and oxygen atoms in total. The lowest BCUT2D eigenvalue weighted by molar-refractivity contribution is -0.166. The van der Waals surface area contributed by atoms with Gasteiger partial charge >= 0.3 is 6.18 Å². The molecule has 0 saturated heterocycles. The van der Waals surface area contributed by atoms with Gasteiger partial charge in [-0.25, -0.2) is 0 Å². The summed E-state index contributed by atoms with van der Waals surface area (Å²) in [7, 11) is 0. The molecule has 1 atom stereocenters. The number of β-amino-alcohol motifs (C(OH)–C–C–N with tert-alkyl or cyclic N) is 1. The summed E-state index contributed by atoms with van der Waals surface area (Å²) >= 11 is 0. The van der Waals surface area contributed by atoms with Crippen molar-refractivity contribution in [3.05, 3.63) is 29.8 Å². The summed E-state index contributed by atoms with van der Waals surface area (Å²) < 4.78 is 43.5. The van der Waals surface area contributed by atoms with Crippen molar-refractivity contribution < 1.29 is 23.0 Å². The summed E-state index contributed by atoms with van der Waals surface area (Å²) in [4.78, 5) is 0. The van der Waals surface area contributed by atoms with E-state index < -0.39 is 17.8 Å². The van der Waals surface area contributed by atoms with Crippen LogP contribution in [0.2, 0.25) is 0 Å². The number of rotatable bonds is 7. The first-order valence-electron chi connectivity index (χ1n) is 7.08. The van der Waals surface area contributed by atoms with E-state index in [4.69, 9.17) is 4.74 Å². The third-order valence-electron chi connectivity index (χ3n) is 3.72. The van der Waals surface area contributed by atoms with Crippen LogP contribution in [0.4, 0.5) is 13.2 Å². The van der Waals surface area contributed by atoms with Gasteiger partial charge in [-0.3, -0.25) is 0 Å². The molecule has 6 heteroatoms. The third kappa shape index (κ3) is 4.11. The van der Waals surface area contributed by atoms with E-state index >= 15 is 0 Å². The van der Waals surface area contributed by atoms with Crippen LogP contribution in [-0.4, -0.2) is 36.1 Å². The van der Waals surface area contributed by atoms with Crippen LogP contribution in [-0.2, 0) is 6.42 Å². The number of aliphatic hydroxyl groups is 1. The Morgan fingerprint density at radius 3 is 2.67 bits per heavy atom. The van der Waals surface area contributed by atoms with Gasteiger partial charge in [0, 0.05) is 6.54 Å². The fraction of sp³-hybridized carbons (Fsp3) is 0.600. The maximum absolute atomic E-state index is 12.7. The average Bonchev–Trinajstić information content (AvgIpc) is 3.24. The Bertz CT molecular complexity index is 472. The first kappa shape index (κ1) is 16.1. The van der Waals surface area contributed by atoms with Gasteiger partial charge in [0.05, 0.1) is 0 Å². The van der Waals surface area contributed by atoms with Gasteiger partial charge in [0.15, 0.2) is 0 Å². The minimum atomic E-state index is -4.26. The second-order valence-corrected chi connectivity index (χ2v) is 5.43. The van der Waals surface area contributed by atoms with E-state index in [2.05, 4.69) is 5.32 Å². The molecule has 0 amide bonds. The number of ether oxygens (including phenoxy) is 1. The van der Waals surface area contributed by atoms with Crippen LogP contribution in [0.5, 0.6) is 5.75 Å². The standard InChI is InChI=1S/C15H20F3NO2/c1-2-11-4-3-5-13(8-11)21-10-12(20)9-19-14(6-7-14)15(16,17)18/h3-5,8,12,19-20H,2,6-7,9-10H2,1H3. The molecule has 1 saturated carbocycles. The molecule has 0 bridgehead atoms. The zero-order chi connectivity index (χ0) is 15.5. The van der Waals surface area contributed by atoms with Crippen LogP contribution in [0.15, 0.2) is 24.3 Å². The minimum Gasteiger partial charge on any atom is -0.491 e. The highest BCUT2D eigenvalue weighted by molar-refractivity contribution is 5.28. The molecule has 2 rings (SSSR count). The number of hydrogen-bond acceptors (Lipinski definition) is 3. The van der Waals surface area contributed by atoms with Gasteiger partial charge in [0.1, 0.15) is 24.0 Å². The van der Waals surface area contributed by atoms with Gasteiger partial charge in [-0.15, -0.1) is 0 Å². The van der Waals surface area contributed by atoms with Crippen molar-refractivity contribution in [1.82, 2.24) is 5.32 Å². The lowest BCUT2D eigenvalue weighted by atomic mass is 10.2. The molecule has 1 unspecified atom stereocenters. The van der Waals surface area contributed by atoms with Gasteiger partial charge in [-0.1, -0.05) is 19.1 Å². The molecule has 0 radical (unpaired) electrons. The molecule has 118 valence electrons. The summed E-state index contributed by atoms with van der Waals surface area (Å²) in [5.74, 6) is 0.616. The number of halogens is 3. The molecule has 0 heterocycles. The van der Waals surface area contributed by atoms with E-state index in [1.807, 2.05) is 25.1 Å². The normalized spacial score (nSPS) is 18.3. The molecule has 2 N–H and O–H groups in total. The molecule has 1 aromatic carbocycles. The summed E-state index contributed by atoms with van der Waals surface area (Å²) in [5, 5.41) is 12.2. The summed E-state index contributed by atoms with van der Waals surface area (Å²) in [5.41, 5.74) is -0.690. The number of aliphatic hydroxyl groups excluding tert-OH is 1. The van der Waals surface area contributed by atoms with Crippen molar-refractivity contribution in [2.75, 3.05) is 13.2 Å². The van der Waals surface area contributed by atoms with Crippen molar-refractivity contribution >= 4 is 0 Å². The molecule has 1 aliphatic carbocycles. The van der Waals surface area contributed by atoms with Gasteiger partial charge in [0.25, 0.3) is 0 Å². The van der Waals surface area contributed by atoms with E-state index in [9.17, 15) is 18.3 Å². The Hall–Kier alpha value is -1.27. The van der Waals surface area contributed by atoms with Crippen molar-refractivity contribution in [2.24, 2.45) is 0 Å².